The summed E-state index contributed by atoms with van der Waals surface area (Å²) in [5.74, 6) is 0.0265. The number of aromatic nitrogens is 3. The molecule has 0 amide bonds. The Labute approximate surface area is 129 Å². The van der Waals surface area contributed by atoms with Crippen LogP contribution in [0.1, 0.15) is 47.4 Å². The smallest absolute Gasteiger partial charge is 0.360 e. The Balaban J connectivity index is 1.89. The number of hydrogen-bond donors (Lipinski definition) is 0. The number of halogens is 1. The van der Waals surface area contributed by atoms with Gasteiger partial charge in [0.2, 0.25) is 0 Å². The number of thiophene rings is 1. The number of carbonyl (C=O) groups is 1. The number of rotatable bonds is 5. The molecule has 0 unspecified atom stereocenters. The minimum absolute atomic E-state index is 0.354. The van der Waals surface area contributed by atoms with Gasteiger partial charge in [-0.3, -0.25) is 0 Å². The highest BCUT2D eigenvalue weighted by Gasteiger charge is 2.34. The Kier molecular flexibility index (Phi) is 3.89. The zero-order valence-corrected chi connectivity index (χ0v) is 13.4. The van der Waals surface area contributed by atoms with Crippen molar-refractivity contribution in [3.05, 3.63) is 32.2 Å². The van der Waals surface area contributed by atoms with Gasteiger partial charge in [-0.25, -0.2) is 9.48 Å². The van der Waals surface area contributed by atoms with Crippen LogP contribution in [0.25, 0.3) is 0 Å². The second kappa shape index (κ2) is 5.65. The van der Waals surface area contributed by atoms with Crippen molar-refractivity contribution >= 4 is 33.2 Å². The second-order valence-corrected chi connectivity index (χ2v) is 7.03. The van der Waals surface area contributed by atoms with E-state index in [1.165, 1.54) is 0 Å². The molecule has 0 spiro atoms. The van der Waals surface area contributed by atoms with E-state index in [-0.39, 0.29) is 5.97 Å². The molecule has 0 N–H and O–H groups in total. The van der Waals surface area contributed by atoms with Crippen LogP contribution >= 0.6 is 27.3 Å². The first-order valence-electron chi connectivity index (χ1n) is 6.52. The lowest BCUT2D eigenvalue weighted by atomic mass is 10.2. The molecule has 106 valence electrons. The average Bonchev–Trinajstić information content (AvgIpc) is 3.05. The maximum Gasteiger partial charge on any atom is 0.360 e. The second-order valence-electron chi connectivity index (χ2n) is 4.73. The molecule has 0 saturated heterocycles. The van der Waals surface area contributed by atoms with Crippen molar-refractivity contribution in [1.82, 2.24) is 15.0 Å². The van der Waals surface area contributed by atoms with Crippen molar-refractivity contribution in [3.63, 3.8) is 0 Å². The molecule has 2 heterocycles. The highest BCUT2D eigenvalue weighted by Crippen LogP contribution is 2.41. The summed E-state index contributed by atoms with van der Waals surface area (Å²) in [5, 5.41) is 10.2. The van der Waals surface area contributed by atoms with Crippen molar-refractivity contribution in [2.75, 3.05) is 6.61 Å². The fourth-order valence-corrected chi connectivity index (χ4v) is 3.34. The minimum atomic E-state index is -0.368. The molecule has 0 atom stereocenters. The third-order valence-electron chi connectivity index (χ3n) is 3.16. The Morgan fingerprint density at radius 1 is 1.60 bits per heavy atom. The van der Waals surface area contributed by atoms with Gasteiger partial charge in [-0.05, 0) is 52.7 Å². The highest BCUT2D eigenvalue weighted by molar-refractivity contribution is 9.11. The van der Waals surface area contributed by atoms with Crippen LogP contribution in [0.5, 0.6) is 0 Å². The molecule has 20 heavy (non-hydrogen) atoms. The monoisotopic (exact) mass is 355 g/mol. The predicted octanol–water partition coefficient (Wildman–Crippen LogP) is 3.20. The summed E-state index contributed by atoms with van der Waals surface area (Å²) in [6.45, 7) is 2.79. The number of nitrogens with zero attached hydrogens (tertiary/aromatic N) is 3. The lowest BCUT2D eigenvalue weighted by molar-refractivity contribution is 0.0518. The Bertz CT molecular complexity index is 633. The van der Waals surface area contributed by atoms with Gasteiger partial charge in [-0.1, -0.05) is 5.21 Å². The van der Waals surface area contributed by atoms with E-state index in [9.17, 15) is 4.79 Å². The average molecular weight is 356 g/mol. The SMILES string of the molecule is CCOC(=O)c1nnn(Cc2csc(Br)c2)c1C1CC1. The lowest BCUT2D eigenvalue weighted by Gasteiger charge is -2.05. The van der Waals surface area contributed by atoms with E-state index in [2.05, 4.69) is 37.7 Å². The lowest BCUT2D eigenvalue weighted by Crippen LogP contribution is -2.10. The van der Waals surface area contributed by atoms with Crippen LogP contribution in [-0.2, 0) is 11.3 Å². The topological polar surface area (TPSA) is 57.0 Å². The Hall–Kier alpha value is -1.21. The molecule has 1 aliphatic rings. The molecule has 0 aliphatic heterocycles. The van der Waals surface area contributed by atoms with Crippen molar-refractivity contribution in [3.8, 4) is 0 Å². The van der Waals surface area contributed by atoms with Gasteiger partial charge in [-0.15, -0.1) is 16.4 Å². The summed E-state index contributed by atoms with van der Waals surface area (Å²) < 4.78 is 7.97. The molecule has 0 bridgehead atoms. The summed E-state index contributed by atoms with van der Waals surface area (Å²) in [7, 11) is 0. The minimum Gasteiger partial charge on any atom is -0.461 e. The summed E-state index contributed by atoms with van der Waals surface area (Å²) in [6, 6.07) is 2.06. The fraction of sp³-hybridized carbons (Fsp3) is 0.462. The van der Waals surface area contributed by atoms with E-state index in [1.54, 1.807) is 18.3 Å². The quantitative estimate of drug-likeness (QED) is 0.772. The molecule has 1 fully saturated rings. The third kappa shape index (κ3) is 2.78. The van der Waals surface area contributed by atoms with E-state index in [0.717, 1.165) is 27.9 Å². The van der Waals surface area contributed by atoms with Gasteiger partial charge in [0.05, 0.1) is 22.6 Å². The summed E-state index contributed by atoms with van der Waals surface area (Å²) in [5.41, 5.74) is 2.46. The van der Waals surface area contributed by atoms with Gasteiger partial charge in [0.1, 0.15) is 0 Å². The number of carbonyl (C=O) groups excluding carboxylic acids is 1. The molecular weight excluding hydrogens is 342 g/mol. The molecule has 0 aromatic carbocycles. The van der Waals surface area contributed by atoms with Gasteiger partial charge in [-0.2, -0.15) is 0 Å². The summed E-state index contributed by atoms with van der Waals surface area (Å²) >= 11 is 5.09. The molecular formula is C13H14BrN3O2S. The van der Waals surface area contributed by atoms with Gasteiger partial charge in [0, 0.05) is 5.92 Å². The first-order chi connectivity index (χ1) is 9.69. The van der Waals surface area contributed by atoms with Crippen LogP contribution in [0, 0.1) is 0 Å². The van der Waals surface area contributed by atoms with Crippen molar-refractivity contribution in [2.24, 2.45) is 0 Å². The molecule has 5 nitrogen and oxygen atoms in total. The van der Waals surface area contributed by atoms with Crippen LogP contribution in [0.15, 0.2) is 15.2 Å². The first-order valence-corrected chi connectivity index (χ1v) is 8.19. The first kappa shape index (κ1) is 13.8. The largest absolute Gasteiger partial charge is 0.461 e. The molecule has 1 saturated carbocycles. The van der Waals surface area contributed by atoms with Crippen molar-refractivity contribution in [1.29, 1.82) is 0 Å². The fourth-order valence-electron chi connectivity index (χ4n) is 2.14. The molecule has 2 aromatic rings. The predicted molar refractivity (Wildman–Crippen MR) is 79.1 cm³/mol. The van der Waals surface area contributed by atoms with Crippen LogP contribution in [0.4, 0.5) is 0 Å². The molecule has 2 aromatic heterocycles. The molecule has 3 rings (SSSR count). The zero-order valence-electron chi connectivity index (χ0n) is 11.0. The standard InChI is InChI=1S/C13H14BrN3O2S/c1-2-19-13(18)11-12(9-3-4-9)17(16-15-11)6-8-5-10(14)20-7-8/h5,7,9H,2-4,6H2,1H3. The van der Waals surface area contributed by atoms with E-state index < -0.39 is 0 Å². The third-order valence-corrected chi connectivity index (χ3v) is 4.71. The van der Waals surface area contributed by atoms with E-state index in [4.69, 9.17) is 4.74 Å². The van der Waals surface area contributed by atoms with E-state index >= 15 is 0 Å². The van der Waals surface area contributed by atoms with Crippen LogP contribution in [0.2, 0.25) is 0 Å². The number of hydrogen-bond acceptors (Lipinski definition) is 5. The molecule has 0 radical (unpaired) electrons. The van der Waals surface area contributed by atoms with Gasteiger partial charge >= 0.3 is 5.97 Å². The molecule has 7 heteroatoms. The Morgan fingerprint density at radius 2 is 2.40 bits per heavy atom. The summed E-state index contributed by atoms with van der Waals surface area (Å²) in [4.78, 5) is 11.9. The summed E-state index contributed by atoms with van der Waals surface area (Å²) in [6.07, 6.45) is 2.18. The number of ether oxygens (including phenoxy) is 1. The van der Waals surface area contributed by atoms with Gasteiger partial charge < -0.3 is 4.74 Å². The van der Waals surface area contributed by atoms with E-state index in [0.29, 0.717) is 24.8 Å². The van der Waals surface area contributed by atoms with Gasteiger partial charge in [0.15, 0.2) is 5.69 Å². The maximum absolute atomic E-state index is 11.9. The Morgan fingerprint density at radius 3 is 3.00 bits per heavy atom. The van der Waals surface area contributed by atoms with Crippen LogP contribution in [0.3, 0.4) is 0 Å². The zero-order chi connectivity index (χ0) is 14.1. The normalized spacial score (nSPS) is 14.5. The van der Waals surface area contributed by atoms with Crippen molar-refractivity contribution < 1.29 is 9.53 Å². The van der Waals surface area contributed by atoms with E-state index in [1.807, 2.05) is 4.68 Å². The number of esters is 1. The van der Waals surface area contributed by atoms with Crippen LogP contribution < -0.4 is 0 Å². The maximum atomic E-state index is 11.9. The molecule has 1 aliphatic carbocycles. The van der Waals surface area contributed by atoms with Gasteiger partial charge in [0.25, 0.3) is 0 Å². The van der Waals surface area contributed by atoms with Crippen LogP contribution in [-0.4, -0.2) is 27.6 Å². The highest BCUT2D eigenvalue weighted by atomic mass is 79.9. The van der Waals surface area contributed by atoms with Crippen molar-refractivity contribution in [2.45, 2.75) is 32.2 Å².